The molecular weight excluding hydrogens is 468 g/mol. The number of anilines is 1. The molecule has 1 aliphatic heterocycles. The lowest BCUT2D eigenvalue weighted by Crippen LogP contribution is -2.51. The molecule has 0 saturated carbocycles. The maximum Gasteiger partial charge on any atom is 0.322 e. The number of nitriles is 1. The van der Waals surface area contributed by atoms with Crippen LogP contribution in [-0.2, 0) is 0 Å². The number of fused-ring (bicyclic) bond motifs is 1. The molecule has 0 radical (unpaired) electrons. The van der Waals surface area contributed by atoms with E-state index < -0.39 is 23.4 Å². The summed E-state index contributed by atoms with van der Waals surface area (Å²) in [5.74, 6) is -1.64. The molecule has 1 fully saturated rings. The Labute approximate surface area is 205 Å². The van der Waals surface area contributed by atoms with Gasteiger partial charge in [0.2, 0.25) is 0 Å². The summed E-state index contributed by atoms with van der Waals surface area (Å²) in [6.07, 6.45) is 7.16. The zero-order valence-electron chi connectivity index (χ0n) is 19.2. The van der Waals surface area contributed by atoms with Gasteiger partial charge in [-0.2, -0.15) is 10.4 Å². The first kappa shape index (κ1) is 23.4. The molecule has 4 aromatic rings. The van der Waals surface area contributed by atoms with Gasteiger partial charge in [-0.3, -0.25) is 9.58 Å². The van der Waals surface area contributed by atoms with Crippen molar-refractivity contribution < 1.29 is 13.6 Å². The van der Waals surface area contributed by atoms with Crippen molar-refractivity contribution in [1.29, 1.82) is 5.26 Å². The standard InChI is InChI=1S/C24H23F2N9O/c25-19-2-1-3-20(26)22(19)32-24(36)34-10-8-33(9-11-34)14-17(4-6-27)35-13-16(12-31-35)21-18-5-7-28-23(18)30-15-29-21/h1-3,5,7,12-13,15,17H,4,8-11,14H2,(H,32,36)(H,28,29,30). The van der Waals surface area contributed by atoms with Gasteiger partial charge < -0.3 is 15.2 Å². The summed E-state index contributed by atoms with van der Waals surface area (Å²) in [5.41, 5.74) is 1.87. The quantitative estimate of drug-likeness (QED) is 0.427. The Balaban J connectivity index is 1.22. The number of aromatic amines is 1. The number of nitrogens with one attached hydrogen (secondary N) is 2. The highest BCUT2D eigenvalue weighted by atomic mass is 19.1. The van der Waals surface area contributed by atoms with E-state index in [1.807, 2.05) is 12.3 Å². The third-order valence-corrected chi connectivity index (χ3v) is 6.25. The Hall–Kier alpha value is -4.37. The number of hydrogen-bond donors (Lipinski definition) is 2. The Morgan fingerprint density at radius 2 is 1.94 bits per heavy atom. The Bertz CT molecular complexity index is 1400. The molecule has 4 heterocycles. The number of piperazine rings is 1. The molecule has 0 bridgehead atoms. The molecule has 1 aliphatic rings. The molecule has 3 aromatic heterocycles. The van der Waals surface area contributed by atoms with Crippen LogP contribution in [0, 0.1) is 23.0 Å². The van der Waals surface area contributed by atoms with Gasteiger partial charge in [-0.15, -0.1) is 0 Å². The number of rotatable bonds is 6. The fourth-order valence-corrected chi connectivity index (χ4v) is 4.34. The number of urea groups is 1. The minimum Gasteiger partial charge on any atom is -0.346 e. The molecule has 10 nitrogen and oxygen atoms in total. The van der Waals surface area contributed by atoms with Crippen molar-refractivity contribution in [3.05, 3.63) is 60.8 Å². The number of carbonyl (C=O) groups is 1. The van der Waals surface area contributed by atoms with Gasteiger partial charge in [0.15, 0.2) is 0 Å². The van der Waals surface area contributed by atoms with Crippen molar-refractivity contribution in [3.8, 4) is 17.3 Å². The summed E-state index contributed by atoms with van der Waals surface area (Å²) < 4.78 is 29.5. The lowest BCUT2D eigenvalue weighted by molar-refractivity contribution is 0.133. The van der Waals surface area contributed by atoms with E-state index in [-0.39, 0.29) is 12.5 Å². The third kappa shape index (κ3) is 4.73. The predicted octanol–water partition coefficient (Wildman–Crippen LogP) is 3.40. The van der Waals surface area contributed by atoms with Gasteiger partial charge in [-0.1, -0.05) is 6.07 Å². The second kappa shape index (κ2) is 10.1. The summed E-state index contributed by atoms with van der Waals surface area (Å²) in [6, 6.07) is 6.83. The van der Waals surface area contributed by atoms with Crippen molar-refractivity contribution in [3.63, 3.8) is 0 Å². The van der Waals surface area contributed by atoms with Crippen molar-refractivity contribution in [1.82, 2.24) is 34.5 Å². The smallest absolute Gasteiger partial charge is 0.322 e. The number of hydrogen-bond acceptors (Lipinski definition) is 6. The average Bonchev–Trinajstić information content (AvgIpc) is 3.56. The van der Waals surface area contributed by atoms with Gasteiger partial charge in [-0.25, -0.2) is 23.5 Å². The van der Waals surface area contributed by atoms with Crippen LogP contribution >= 0.6 is 0 Å². The van der Waals surface area contributed by atoms with Crippen molar-refractivity contribution in [2.24, 2.45) is 0 Å². The zero-order valence-corrected chi connectivity index (χ0v) is 19.2. The van der Waals surface area contributed by atoms with E-state index >= 15 is 0 Å². The molecule has 12 heteroatoms. The van der Waals surface area contributed by atoms with Crippen LogP contribution < -0.4 is 5.32 Å². The number of para-hydroxylation sites is 1. The van der Waals surface area contributed by atoms with E-state index in [2.05, 4.69) is 36.3 Å². The number of halogens is 2. The SMILES string of the molecule is N#CCC(CN1CCN(C(=O)Nc2c(F)cccc2F)CC1)n1cc(-c2ncnc3[nH]ccc23)cn1. The number of amides is 2. The maximum atomic E-state index is 13.9. The first-order valence-electron chi connectivity index (χ1n) is 11.5. The second-order valence-corrected chi connectivity index (χ2v) is 8.50. The lowest BCUT2D eigenvalue weighted by atomic mass is 10.1. The largest absolute Gasteiger partial charge is 0.346 e. The van der Waals surface area contributed by atoms with Gasteiger partial charge in [-0.05, 0) is 18.2 Å². The molecule has 2 amide bonds. The second-order valence-electron chi connectivity index (χ2n) is 8.50. The molecule has 1 unspecified atom stereocenters. The molecule has 1 atom stereocenters. The highest BCUT2D eigenvalue weighted by Gasteiger charge is 2.25. The number of carbonyl (C=O) groups excluding carboxylic acids is 1. The minimum atomic E-state index is -0.820. The zero-order chi connectivity index (χ0) is 25.1. The van der Waals surface area contributed by atoms with E-state index in [1.54, 1.807) is 17.1 Å². The molecular formula is C24H23F2N9O. The predicted molar refractivity (Wildman–Crippen MR) is 128 cm³/mol. The van der Waals surface area contributed by atoms with Crippen LogP contribution in [0.25, 0.3) is 22.3 Å². The van der Waals surface area contributed by atoms with Crippen LogP contribution in [0.1, 0.15) is 12.5 Å². The summed E-state index contributed by atoms with van der Waals surface area (Å²) in [5, 5.41) is 17.1. The van der Waals surface area contributed by atoms with Gasteiger partial charge in [0.05, 0.1) is 30.4 Å². The topological polar surface area (TPSA) is 119 Å². The number of aromatic nitrogens is 5. The third-order valence-electron chi connectivity index (χ3n) is 6.25. The van der Waals surface area contributed by atoms with E-state index in [0.717, 1.165) is 34.4 Å². The van der Waals surface area contributed by atoms with E-state index in [0.29, 0.717) is 32.7 Å². The van der Waals surface area contributed by atoms with E-state index in [1.165, 1.54) is 17.3 Å². The molecule has 1 saturated heterocycles. The lowest BCUT2D eigenvalue weighted by Gasteiger charge is -2.36. The van der Waals surface area contributed by atoms with Crippen LogP contribution in [0.15, 0.2) is 49.2 Å². The first-order valence-corrected chi connectivity index (χ1v) is 11.5. The molecule has 2 N–H and O–H groups in total. The highest BCUT2D eigenvalue weighted by molar-refractivity contribution is 5.90. The summed E-state index contributed by atoms with van der Waals surface area (Å²) >= 11 is 0. The Kier molecular flexibility index (Phi) is 6.55. The Morgan fingerprint density at radius 3 is 2.69 bits per heavy atom. The Morgan fingerprint density at radius 1 is 1.17 bits per heavy atom. The summed E-state index contributed by atoms with van der Waals surface area (Å²) in [6.45, 7) is 2.45. The van der Waals surface area contributed by atoms with Crippen LogP contribution in [0.2, 0.25) is 0 Å². The number of benzene rings is 1. The average molecular weight is 492 g/mol. The van der Waals surface area contributed by atoms with Crippen molar-refractivity contribution in [2.45, 2.75) is 12.5 Å². The molecule has 184 valence electrons. The molecule has 5 rings (SSSR count). The fourth-order valence-electron chi connectivity index (χ4n) is 4.34. The normalized spacial score (nSPS) is 15.1. The van der Waals surface area contributed by atoms with Crippen molar-refractivity contribution >= 4 is 22.8 Å². The van der Waals surface area contributed by atoms with Gasteiger partial charge >= 0.3 is 6.03 Å². The molecule has 0 aliphatic carbocycles. The van der Waals surface area contributed by atoms with Crippen LogP contribution in [0.4, 0.5) is 19.3 Å². The van der Waals surface area contributed by atoms with Crippen LogP contribution in [0.5, 0.6) is 0 Å². The van der Waals surface area contributed by atoms with E-state index in [9.17, 15) is 18.8 Å². The van der Waals surface area contributed by atoms with Crippen LogP contribution in [-0.4, -0.2) is 73.3 Å². The highest BCUT2D eigenvalue weighted by Crippen LogP contribution is 2.26. The van der Waals surface area contributed by atoms with Gasteiger partial charge in [0, 0.05) is 56.1 Å². The minimum absolute atomic E-state index is 0.194. The van der Waals surface area contributed by atoms with Crippen molar-refractivity contribution in [2.75, 3.05) is 38.0 Å². The molecule has 36 heavy (non-hydrogen) atoms. The monoisotopic (exact) mass is 491 g/mol. The summed E-state index contributed by atoms with van der Waals surface area (Å²) in [7, 11) is 0. The number of H-pyrrole nitrogens is 1. The summed E-state index contributed by atoms with van der Waals surface area (Å²) in [4.78, 5) is 27.9. The van der Waals surface area contributed by atoms with Gasteiger partial charge in [0.1, 0.15) is 29.3 Å². The maximum absolute atomic E-state index is 13.9. The fraction of sp³-hybridized carbons (Fsp3) is 0.292. The molecule has 0 spiro atoms. The molecule has 1 aromatic carbocycles. The number of nitrogens with zero attached hydrogens (tertiary/aromatic N) is 7. The first-order chi connectivity index (χ1) is 17.5. The van der Waals surface area contributed by atoms with Crippen LogP contribution in [0.3, 0.4) is 0 Å². The van der Waals surface area contributed by atoms with Gasteiger partial charge in [0.25, 0.3) is 0 Å². The van der Waals surface area contributed by atoms with E-state index in [4.69, 9.17) is 0 Å².